The van der Waals surface area contributed by atoms with Crippen molar-refractivity contribution < 1.29 is 27.1 Å². The number of nitrogens with zero attached hydrogens (tertiary/aromatic N) is 7. The molecule has 0 aliphatic carbocycles. The van der Waals surface area contributed by atoms with Gasteiger partial charge in [-0.2, -0.15) is 23.4 Å². The van der Waals surface area contributed by atoms with Gasteiger partial charge in [0.05, 0.1) is 42.5 Å². The topological polar surface area (TPSA) is 83.0 Å². The van der Waals surface area contributed by atoms with Crippen molar-refractivity contribution in [1.82, 2.24) is 29.1 Å². The summed E-state index contributed by atoms with van der Waals surface area (Å²) in [5, 5.41) is 9.40. The van der Waals surface area contributed by atoms with Crippen LogP contribution in [0.25, 0.3) is 22.8 Å². The largest absolute Gasteiger partial charge is 0.434 e. The van der Waals surface area contributed by atoms with Crippen LogP contribution >= 0.6 is 11.6 Å². The quantitative estimate of drug-likeness (QED) is 0.254. The Morgan fingerprint density at radius 1 is 1.23 bits per heavy atom. The monoisotopic (exact) mass is 579 g/mol. The maximum absolute atomic E-state index is 15.2. The van der Waals surface area contributed by atoms with Gasteiger partial charge in [-0.3, -0.25) is 14.4 Å². The lowest BCUT2D eigenvalue weighted by Gasteiger charge is -2.27. The van der Waals surface area contributed by atoms with Crippen molar-refractivity contribution in [3.63, 3.8) is 0 Å². The number of anilines is 1. The number of aromatic nitrogens is 6. The van der Waals surface area contributed by atoms with E-state index in [2.05, 4.69) is 15.2 Å². The summed E-state index contributed by atoms with van der Waals surface area (Å²) in [6.07, 6.45) is -2.07. The number of hydrogen-bond donors (Lipinski definition) is 0. The van der Waals surface area contributed by atoms with Crippen LogP contribution in [0, 0.1) is 5.82 Å². The molecule has 0 saturated heterocycles. The predicted molar refractivity (Wildman–Crippen MR) is 139 cm³/mol. The van der Waals surface area contributed by atoms with E-state index in [1.165, 1.54) is 27.8 Å². The Labute approximate surface area is 231 Å². The van der Waals surface area contributed by atoms with E-state index in [1.807, 2.05) is 6.92 Å². The van der Waals surface area contributed by atoms with Gasteiger partial charge in [-0.1, -0.05) is 17.7 Å². The van der Waals surface area contributed by atoms with Crippen molar-refractivity contribution in [2.45, 2.75) is 52.1 Å². The van der Waals surface area contributed by atoms with E-state index in [1.54, 1.807) is 35.5 Å². The fourth-order valence-electron chi connectivity index (χ4n) is 4.79. The van der Waals surface area contributed by atoms with Gasteiger partial charge in [0.15, 0.2) is 5.69 Å². The minimum atomic E-state index is -4.65. The van der Waals surface area contributed by atoms with Crippen LogP contribution in [-0.2, 0) is 35.3 Å². The third-order valence-corrected chi connectivity index (χ3v) is 6.99. The van der Waals surface area contributed by atoms with E-state index in [-0.39, 0.29) is 42.8 Å². The third-order valence-electron chi connectivity index (χ3n) is 6.72. The number of imidazole rings is 1. The SMILES string of the molecule is CCn1cc(C(F)(F)F)nc1-c1ccc(CN2C(=O)CCn3nc(-c4c(Cl)cnn4[C@H](C)COC)cc32)cc1F. The molecule has 4 aromatic rings. The summed E-state index contributed by atoms with van der Waals surface area (Å²) in [6.45, 7) is 4.55. The third kappa shape index (κ3) is 5.10. The minimum Gasteiger partial charge on any atom is -0.382 e. The molecule has 14 heteroatoms. The number of halogens is 5. The number of fused-ring (bicyclic) bond motifs is 1. The molecule has 0 radical (unpaired) electrons. The highest BCUT2D eigenvalue weighted by Crippen LogP contribution is 2.35. The first-order chi connectivity index (χ1) is 19.0. The number of methoxy groups -OCH3 is 1. The molecular weight excluding hydrogens is 554 g/mol. The number of carbonyl (C=O) groups is 1. The van der Waals surface area contributed by atoms with Crippen molar-refractivity contribution in [2.24, 2.45) is 0 Å². The molecule has 1 aliphatic rings. The summed E-state index contributed by atoms with van der Waals surface area (Å²) in [4.78, 5) is 18.1. The molecular formula is C26H26ClF4N7O2. The molecule has 0 N–H and O–H groups in total. The van der Waals surface area contributed by atoms with Crippen molar-refractivity contribution in [1.29, 1.82) is 0 Å². The van der Waals surface area contributed by atoms with Gasteiger partial charge in [0.2, 0.25) is 5.91 Å². The molecule has 212 valence electrons. The van der Waals surface area contributed by atoms with Crippen molar-refractivity contribution in [2.75, 3.05) is 18.6 Å². The van der Waals surface area contributed by atoms with Crippen LogP contribution < -0.4 is 4.90 Å². The second-order valence-electron chi connectivity index (χ2n) is 9.48. The van der Waals surface area contributed by atoms with E-state index in [4.69, 9.17) is 16.3 Å². The lowest BCUT2D eigenvalue weighted by Crippen LogP contribution is -2.36. The Morgan fingerprint density at radius 2 is 2.00 bits per heavy atom. The smallest absolute Gasteiger partial charge is 0.382 e. The number of amides is 1. The second-order valence-corrected chi connectivity index (χ2v) is 9.89. The highest BCUT2D eigenvalue weighted by atomic mass is 35.5. The number of aryl methyl sites for hydroxylation is 2. The Kier molecular flexibility index (Phi) is 7.44. The first-order valence-electron chi connectivity index (χ1n) is 12.6. The molecule has 4 heterocycles. The highest BCUT2D eigenvalue weighted by Gasteiger charge is 2.35. The van der Waals surface area contributed by atoms with Crippen LogP contribution in [0.3, 0.4) is 0 Å². The van der Waals surface area contributed by atoms with Gasteiger partial charge in [-0.25, -0.2) is 14.1 Å². The summed E-state index contributed by atoms with van der Waals surface area (Å²) < 4.78 is 64.7. The zero-order valence-corrected chi connectivity index (χ0v) is 22.7. The van der Waals surface area contributed by atoms with Gasteiger partial charge in [-0.15, -0.1) is 0 Å². The number of rotatable bonds is 8. The molecule has 0 spiro atoms. The standard InChI is InChI=1S/C26H26ClF4N7O2/c1-4-35-13-21(26(29,30)31)33-25(35)17-6-5-16(9-19(17)28)12-36-22-10-20(34-37(22)8-7-23(36)39)24-18(27)11-32-38(24)15(2)14-40-3/h5-6,9-11,13,15H,4,7-8,12,14H2,1-3H3/t15-/m1/s1. The van der Waals surface area contributed by atoms with Gasteiger partial charge < -0.3 is 9.30 Å². The molecule has 0 saturated carbocycles. The lowest BCUT2D eigenvalue weighted by atomic mass is 10.1. The molecule has 9 nitrogen and oxygen atoms in total. The average Bonchev–Trinajstić information content (AvgIpc) is 3.62. The summed E-state index contributed by atoms with van der Waals surface area (Å²) in [7, 11) is 1.59. The highest BCUT2D eigenvalue weighted by molar-refractivity contribution is 6.33. The van der Waals surface area contributed by atoms with Crippen LogP contribution in [0.15, 0.2) is 36.7 Å². The van der Waals surface area contributed by atoms with Crippen LogP contribution in [0.2, 0.25) is 5.02 Å². The average molecular weight is 580 g/mol. The number of ether oxygens (including phenoxy) is 1. The maximum Gasteiger partial charge on any atom is 0.434 e. The first-order valence-corrected chi connectivity index (χ1v) is 12.9. The van der Waals surface area contributed by atoms with Gasteiger partial charge >= 0.3 is 6.18 Å². The van der Waals surface area contributed by atoms with E-state index >= 15 is 4.39 Å². The molecule has 3 aromatic heterocycles. The Hall–Kier alpha value is -3.71. The molecule has 1 aliphatic heterocycles. The fourth-order valence-corrected chi connectivity index (χ4v) is 5.02. The summed E-state index contributed by atoms with van der Waals surface area (Å²) >= 11 is 6.45. The molecule has 1 atom stereocenters. The second kappa shape index (κ2) is 10.7. The molecule has 0 fully saturated rings. The van der Waals surface area contributed by atoms with Crippen molar-refractivity contribution >= 4 is 23.3 Å². The maximum atomic E-state index is 15.2. The summed E-state index contributed by atoms with van der Waals surface area (Å²) in [6, 6.07) is 5.77. The Bertz CT molecular complexity index is 1560. The van der Waals surface area contributed by atoms with Gasteiger partial charge in [0.1, 0.15) is 28.8 Å². The van der Waals surface area contributed by atoms with Gasteiger partial charge in [-0.05, 0) is 31.5 Å². The first kappa shape index (κ1) is 27.8. The Morgan fingerprint density at radius 3 is 2.67 bits per heavy atom. The molecule has 5 rings (SSSR count). The zero-order chi connectivity index (χ0) is 28.8. The van der Waals surface area contributed by atoms with Crippen LogP contribution in [0.5, 0.6) is 0 Å². The molecule has 1 amide bonds. The molecule has 40 heavy (non-hydrogen) atoms. The van der Waals surface area contributed by atoms with E-state index in [0.717, 1.165) is 6.20 Å². The minimum absolute atomic E-state index is 0.0320. The van der Waals surface area contributed by atoms with Crippen molar-refractivity contribution in [3.8, 4) is 22.8 Å². The van der Waals surface area contributed by atoms with Crippen molar-refractivity contribution in [3.05, 3.63) is 58.8 Å². The van der Waals surface area contributed by atoms with E-state index in [0.29, 0.717) is 40.9 Å². The van der Waals surface area contributed by atoms with Crippen LogP contribution in [-0.4, -0.2) is 48.7 Å². The molecule has 0 unspecified atom stereocenters. The lowest BCUT2D eigenvalue weighted by molar-refractivity contribution is -0.140. The number of hydrogen-bond acceptors (Lipinski definition) is 5. The normalized spacial score (nSPS) is 14.6. The van der Waals surface area contributed by atoms with Gasteiger partial charge in [0.25, 0.3) is 0 Å². The summed E-state index contributed by atoms with van der Waals surface area (Å²) in [5.41, 5.74) is 0.405. The van der Waals surface area contributed by atoms with Crippen LogP contribution in [0.1, 0.15) is 37.6 Å². The number of alkyl halides is 3. The van der Waals surface area contributed by atoms with E-state index < -0.39 is 17.7 Å². The predicted octanol–water partition coefficient (Wildman–Crippen LogP) is 5.59. The molecule has 1 aromatic carbocycles. The number of carbonyl (C=O) groups excluding carboxylic acids is 1. The fraction of sp³-hybridized carbons (Fsp3) is 0.385. The molecule has 0 bridgehead atoms. The van der Waals surface area contributed by atoms with Crippen LogP contribution in [0.4, 0.5) is 23.4 Å². The van der Waals surface area contributed by atoms with E-state index in [9.17, 15) is 18.0 Å². The summed E-state index contributed by atoms with van der Waals surface area (Å²) in [5.74, 6) is -0.526. The number of benzene rings is 1. The zero-order valence-electron chi connectivity index (χ0n) is 21.9. The van der Waals surface area contributed by atoms with Gasteiger partial charge in [0, 0.05) is 32.3 Å². The Balaban J connectivity index is 1.45.